The van der Waals surface area contributed by atoms with E-state index in [-0.39, 0.29) is 56.3 Å². The lowest BCUT2D eigenvalue weighted by molar-refractivity contribution is -0.186. The lowest BCUT2D eigenvalue weighted by Gasteiger charge is -2.34. The monoisotopic (exact) mass is 479 g/mol. The molecule has 0 radical (unpaired) electrons. The van der Waals surface area contributed by atoms with Gasteiger partial charge in [-0.05, 0) is 62.3 Å². The van der Waals surface area contributed by atoms with Crippen molar-refractivity contribution in [1.82, 2.24) is 15.5 Å². The fourth-order valence-electron chi connectivity index (χ4n) is 5.31. The third-order valence-electron chi connectivity index (χ3n) is 7.64. The van der Waals surface area contributed by atoms with Crippen molar-refractivity contribution in [2.75, 3.05) is 6.54 Å². The Morgan fingerprint density at radius 1 is 1.12 bits per heavy atom. The van der Waals surface area contributed by atoms with Crippen molar-refractivity contribution in [2.24, 2.45) is 5.41 Å². The Balaban J connectivity index is 1.25. The number of carbonyl (C=O) groups is 3. The van der Waals surface area contributed by atoms with Gasteiger partial charge in [0, 0.05) is 31.1 Å². The third-order valence-corrected chi connectivity index (χ3v) is 7.64. The number of alkyl halides is 3. The number of imide groups is 1. The first-order chi connectivity index (χ1) is 16.2. The number of nitrogens with one attached hydrogen (secondary N) is 2. The number of hydrogen-bond acceptors (Lipinski definition) is 5. The van der Waals surface area contributed by atoms with Gasteiger partial charge in [-0.15, -0.1) is 0 Å². The molecule has 0 bridgehead atoms. The topological polar surface area (TPSA) is 87.7 Å². The number of fused-ring (bicyclic) bond motifs is 1. The molecule has 7 nitrogen and oxygen atoms in total. The molecule has 2 aliphatic heterocycles. The second-order valence-electron chi connectivity index (χ2n) is 9.93. The Morgan fingerprint density at radius 2 is 1.88 bits per heavy atom. The summed E-state index contributed by atoms with van der Waals surface area (Å²) in [6, 6.07) is 4.31. The molecule has 2 N–H and O–H groups in total. The van der Waals surface area contributed by atoms with Crippen LogP contribution >= 0.6 is 0 Å². The molecule has 10 heteroatoms. The van der Waals surface area contributed by atoms with Crippen LogP contribution in [0.25, 0.3) is 0 Å². The first-order valence-electron chi connectivity index (χ1n) is 11.9. The van der Waals surface area contributed by atoms with Crippen LogP contribution in [0, 0.1) is 5.41 Å². The summed E-state index contributed by atoms with van der Waals surface area (Å²) in [7, 11) is 0. The zero-order valence-electron chi connectivity index (χ0n) is 18.7. The highest BCUT2D eigenvalue weighted by molar-refractivity contribution is 6.05. The van der Waals surface area contributed by atoms with Crippen LogP contribution in [0.3, 0.4) is 0 Å². The van der Waals surface area contributed by atoms with E-state index in [0.717, 1.165) is 31.2 Å². The van der Waals surface area contributed by atoms with Crippen LogP contribution in [0.4, 0.5) is 13.2 Å². The summed E-state index contributed by atoms with van der Waals surface area (Å²) in [4.78, 5) is 38.0. The van der Waals surface area contributed by atoms with Gasteiger partial charge in [-0.25, -0.2) is 0 Å². The molecule has 3 fully saturated rings. The highest BCUT2D eigenvalue weighted by Gasteiger charge is 2.62. The van der Waals surface area contributed by atoms with Gasteiger partial charge in [0.15, 0.2) is 0 Å². The predicted molar refractivity (Wildman–Crippen MR) is 115 cm³/mol. The molecule has 1 aromatic carbocycles. The molecule has 0 spiro atoms. The molecule has 0 aromatic heterocycles. The number of piperidine rings is 1. The van der Waals surface area contributed by atoms with Gasteiger partial charge >= 0.3 is 6.18 Å². The maximum atomic E-state index is 13.3. The number of nitrogens with zero attached hydrogens (tertiary/aromatic N) is 1. The maximum absolute atomic E-state index is 13.3. The molecule has 2 saturated carbocycles. The summed E-state index contributed by atoms with van der Waals surface area (Å²) < 4.78 is 46.2. The molecule has 184 valence electrons. The van der Waals surface area contributed by atoms with Crippen molar-refractivity contribution in [3.63, 3.8) is 0 Å². The SMILES string of the molecule is O=C1CCC(N2Cc3cc(OC4CCCCC4NCC4(C(F)(F)F)CC4)ccc3C2=O)C(=O)N1. The van der Waals surface area contributed by atoms with Gasteiger partial charge in [0.25, 0.3) is 5.91 Å². The number of benzene rings is 1. The Morgan fingerprint density at radius 3 is 2.59 bits per heavy atom. The zero-order valence-corrected chi connectivity index (χ0v) is 18.7. The summed E-state index contributed by atoms with van der Waals surface area (Å²) >= 11 is 0. The van der Waals surface area contributed by atoms with E-state index in [1.807, 2.05) is 0 Å². The van der Waals surface area contributed by atoms with Crippen molar-refractivity contribution in [3.05, 3.63) is 29.3 Å². The largest absolute Gasteiger partial charge is 0.489 e. The lowest BCUT2D eigenvalue weighted by atomic mass is 9.91. The van der Waals surface area contributed by atoms with Gasteiger partial charge in [0.2, 0.25) is 11.8 Å². The third kappa shape index (κ3) is 4.28. The van der Waals surface area contributed by atoms with E-state index in [1.54, 1.807) is 18.2 Å². The van der Waals surface area contributed by atoms with Crippen molar-refractivity contribution in [1.29, 1.82) is 0 Å². The number of carbonyl (C=O) groups excluding carboxylic acids is 3. The fourth-order valence-corrected chi connectivity index (χ4v) is 5.31. The molecule has 5 rings (SSSR count). The molecular formula is C24H28F3N3O4. The molecule has 1 saturated heterocycles. The Kier molecular flexibility index (Phi) is 5.82. The van der Waals surface area contributed by atoms with Gasteiger partial charge < -0.3 is 15.0 Å². The second kappa shape index (κ2) is 8.55. The van der Waals surface area contributed by atoms with Crippen LogP contribution in [0.2, 0.25) is 0 Å². The minimum atomic E-state index is -4.19. The van der Waals surface area contributed by atoms with Gasteiger partial charge in [0.1, 0.15) is 17.9 Å². The van der Waals surface area contributed by atoms with Crippen LogP contribution in [-0.2, 0) is 16.1 Å². The number of halogens is 3. The summed E-state index contributed by atoms with van der Waals surface area (Å²) in [5, 5.41) is 5.43. The first-order valence-corrected chi connectivity index (χ1v) is 11.9. The highest BCUT2D eigenvalue weighted by atomic mass is 19.4. The normalized spacial score (nSPS) is 28.5. The molecular weight excluding hydrogens is 451 g/mol. The molecule has 4 aliphatic rings. The number of amides is 3. The first kappa shape index (κ1) is 23.1. The molecule has 3 atom stereocenters. The van der Waals surface area contributed by atoms with Crippen molar-refractivity contribution in [3.8, 4) is 5.75 Å². The van der Waals surface area contributed by atoms with E-state index in [4.69, 9.17) is 4.74 Å². The number of rotatable bonds is 6. The summed E-state index contributed by atoms with van der Waals surface area (Å²) in [5.41, 5.74) is -0.361. The van der Waals surface area contributed by atoms with Crippen molar-refractivity contribution >= 4 is 17.7 Å². The van der Waals surface area contributed by atoms with E-state index < -0.39 is 23.5 Å². The molecule has 3 amide bonds. The Hall–Kier alpha value is -2.62. The molecule has 3 unspecified atom stereocenters. The molecule has 1 aromatic rings. The smallest absolute Gasteiger partial charge is 0.395 e. The Labute approximate surface area is 195 Å². The molecule has 2 heterocycles. The van der Waals surface area contributed by atoms with E-state index in [0.29, 0.717) is 17.7 Å². The van der Waals surface area contributed by atoms with Gasteiger partial charge in [0.05, 0.1) is 5.41 Å². The van der Waals surface area contributed by atoms with Gasteiger partial charge in [-0.2, -0.15) is 13.2 Å². The minimum Gasteiger partial charge on any atom is -0.489 e. The standard InChI is InChI=1S/C24H28F3N3O4/c25-24(26,27)23(9-10-23)13-28-17-3-1-2-4-19(17)34-15-5-6-16-14(11-15)12-30(22(16)33)18-7-8-20(31)29-21(18)32/h5-6,11,17-19,28H,1-4,7-10,12-13H2,(H,29,31,32). The zero-order chi connectivity index (χ0) is 24.1. The number of ether oxygens (including phenoxy) is 1. The van der Waals surface area contributed by atoms with Gasteiger partial charge in [-0.1, -0.05) is 6.42 Å². The average Bonchev–Trinajstić information content (AvgIpc) is 3.52. The van der Waals surface area contributed by atoms with Gasteiger partial charge in [-0.3, -0.25) is 19.7 Å². The highest BCUT2D eigenvalue weighted by Crippen LogP contribution is 2.57. The minimum absolute atomic E-state index is 0.0827. The lowest BCUT2D eigenvalue weighted by Crippen LogP contribution is -2.52. The van der Waals surface area contributed by atoms with E-state index in [9.17, 15) is 27.6 Å². The summed E-state index contributed by atoms with van der Waals surface area (Å²) in [6.07, 6.45) is -0.227. The van der Waals surface area contributed by atoms with Crippen LogP contribution in [-0.4, -0.2) is 53.5 Å². The molecule has 34 heavy (non-hydrogen) atoms. The average molecular weight is 479 g/mol. The summed E-state index contributed by atoms with van der Waals surface area (Å²) in [6.45, 7) is 0.165. The van der Waals surface area contributed by atoms with Crippen molar-refractivity contribution < 1.29 is 32.3 Å². The van der Waals surface area contributed by atoms with Crippen LogP contribution in [0.15, 0.2) is 18.2 Å². The predicted octanol–water partition coefficient (Wildman–Crippen LogP) is 3.07. The van der Waals surface area contributed by atoms with Crippen LogP contribution in [0.1, 0.15) is 67.3 Å². The number of hydrogen-bond donors (Lipinski definition) is 2. The van der Waals surface area contributed by atoms with Crippen LogP contribution < -0.4 is 15.4 Å². The van der Waals surface area contributed by atoms with Crippen molar-refractivity contribution in [2.45, 2.75) is 82.3 Å². The van der Waals surface area contributed by atoms with E-state index in [2.05, 4.69) is 10.6 Å². The second-order valence-corrected chi connectivity index (χ2v) is 9.93. The maximum Gasteiger partial charge on any atom is 0.395 e. The van der Waals surface area contributed by atoms with E-state index in [1.165, 1.54) is 4.90 Å². The fraction of sp³-hybridized carbons (Fsp3) is 0.625. The van der Waals surface area contributed by atoms with E-state index >= 15 is 0 Å². The molecule has 2 aliphatic carbocycles. The quantitative estimate of drug-likeness (QED) is 0.613. The summed E-state index contributed by atoms with van der Waals surface area (Å²) in [5.74, 6) is -0.487. The Bertz CT molecular complexity index is 1010. The van der Waals surface area contributed by atoms with Crippen LogP contribution in [0.5, 0.6) is 5.75 Å².